The summed E-state index contributed by atoms with van der Waals surface area (Å²) < 4.78 is 10.2. The van der Waals surface area contributed by atoms with Crippen LogP contribution in [0, 0.1) is 5.92 Å². The van der Waals surface area contributed by atoms with Gasteiger partial charge in [0.15, 0.2) is 0 Å². The highest BCUT2D eigenvalue weighted by atomic mass is 16.5. The number of carbonyl (C=O) groups excluding carboxylic acids is 2. The monoisotopic (exact) mass is 424 g/mol. The fraction of sp³-hybridized carbons (Fsp3) is 0.304. The van der Waals surface area contributed by atoms with Gasteiger partial charge in [-0.05, 0) is 66.1 Å². The van der Waals surface area contributed by atoms with Gasteiger partial charge in [-0.25, -0.2) is 10.9 Å². The van der Waals surface area contributed by atoms with Crippen LogP contribution in [0.3, 0.4) is 0 Å². The van der Waals surface area contributed by atoms with Crippen LogP contribution in [0.1, 0.15) is 37.3 Å². The second-order valence-corrected chi connectivity index (χ2v) is 6.71. The van der Waals surface area contributed by atoms with Crippen LogP contribution in [0.4, 0.5) is 0 Å². The lowest BCUT2D eigenvalue weighted by molar-refractivity contribution is -0.135. The van der Waals surface area contributed by atoms with Crippen molar-refractivity contribution in [2.75, 3.05) is 14.2 Å². The molecule has 0 unspecified atom stereocenters. The van der Waals surface area contributed by atoms with Gasteiger partial charge in [-0.1, -0.05) is 19.8 Å². The second kappa shape index (κ2) is 12.8. The number of nitrogens with zero attached hydrogens (tertiary/aromatic N) is 2. The van der Waals surface area contributed by atoms with E-state index in [9.17, 15) is 9.59 Å². The van der Waals surface area contributed by atoms with Crippen LogP contribution >= 0.6 is 0 Å². The molecule has 0 aliphatic heterocycles. The van der Waals surface area contributed by atoms with E-state index in [-0.39, 0.29) is 0 Å². The first-order valence-corrected chi connectivity index (χ1v) is 10.0. The zero-order valence-electron chi connectivity index (χ0n) is 18.0. The Bertz CT molecular complexity index is 821. The number of hydrazone groups is 2. The molecular weight excluding hydrogens is 396 g/mol. The van der Waals surface area contributed by atoms with Crippen LogP contribution < -0.4 is 20.3 Å². The number of amides is 2. The molecule has 8 heteroatoms. The number of methoxy groups -OCH3 is 2. The minimum absolute atomic E-state index is 0.407. The molecule has 164 valence electrons. The van der Waals surface area contributed by atoms with E-state index in [4.69, 9.17) is 9.47 Å². The summed E-state index contributed by atoms with van der Waals surface area (Å²) in [6.45, 7) is 2.00. The van der Waals surface area contributed by atoms with Crippen molar-refractivity contribution in [1.82, 2.24) is 10.9 Å². The van der Waals surface area contributed by atoms with Crippen molar-refractivity contribution >= 4 is 24.2 Å². The summed E-state index contributed by atoms with van der Waals surface area (Å²) >= 11 is 0. The number of benzene rings is 2. The lowest BCUT2D eigenvalue weighted by atomic mass is 10.0. The van der Waals surface area contributed by atoms with E-state index in [0.717, 1.165) is 35.5 Å². The normalized spacial score (nSPS) is 11.1. The number of hydrogen-bond donors (Lipinski definition) is 2. The third-order valence-electron chi connectivity index (χ3n) is 4.49. The van der Waals surface area contributed by atoms with Crippen molar-refractivity contribution in [1.29, 1.82) is 0 Å². The molecule has 2 aromatic rings. The number of ether oxygens (including phenoxy) is 2. The van der Waals surface area contributed by atoms with Gasteiger partial charge in [0.05, 0.1) is 26.6 Å². The maximum Gasteiger partial charge on any atom is 0.252 e. The first-order chi connectivity index (χ1) is 15.1. The summed E-state index contributed by atoms with van der Waals surface area (Å²) in [5.74, 6) is -0.382. The summed E-state index contributed by atoms with van der Waals surface area (Å²) in [6, 6.07) is 14.4. The molecule has 2 aromatic carbocycles. The van der Waals surface area contributed by atoms with E-state index in [1.807, 2.05) is 31.2 Å². The topological polar surface area (TPSA) is 101 Å². The van der Waals surface area contributed by atoms with Crippen molar-refractivity contribution in [2.45, 2.75) is 26.2 Å². The number of hydrogen-bond acceptors (Lipinski definition) is 6. The zero-order valence-corrected chi connectivity index (χ0v) is 18.0. The summed E-state index contributed by atoms with van der Waals surface area (Å²) in [4.78, 5) is 25.0. The summed E-state index contributed by atoms with van der Waals surface area (Å²) in [6.07, 6.45) is 5.02. The van der Waals surface area contributed by atoms with Gasteiger partial charge in [0, 0.05) is 0 Å². The van der Waals surface area contributed by atoms with Crippen LogP contribution in [-0.2, 0) is 9.59 Å². The molecule has 0 aromatic heterocycles. The molecule has 0 heterocycles. The van der Waals surface area contributed by atoms with Crippen molar-refractivity contribution in [3.63, 3.8) is 0 Å². The first-order valence-electron chi connectivity index (χ1n) is 10.0. The summed E-state index contributed by atoms with van der Waals surface area (Å²) in [5, 5.41) is 7.91. The van der Waals surface area contributed by atoms with E-state index in [2.05, 4.69) is 21.1 Å². The molecule has 0 saturated carbocycles. The van der Waals surface area contributed by atoms with Gasteiger partial charge in [0.2, 0.25) is 0 Å². The van der Waals surface area contributed by atoms with Gasteiger partial charge in [0.25, 0.3) is 11.8 Å². The van der Waals surface area contributed by atoms with Crippen molar-refractivity contribution < 1.29 is 19.1 Å². The van der Waals surface area contributed by atoms with Gasteiger partial charge < -0.3 is 9.47 Å². The molecule has 8 nitrogen and oxygen atoms in total. The molecule has 0 aliphatic rings. The van der Waals surface area contributed by atoms with Crippen molar-refractivity contribution in [2.24, 2.45) is 16.1 Å². The number of unbranched alkanes of at least 4 members (excludes halogenated alkanes) is 1. The van der Waals surface area contributed by atoms with Gasteiger partial charge in [-0.15, -0.1) is 0 Å². The van der Waals surface area contributed by atoms with Crippen LogP contribution in [0.5, 0.6) is 11.5 Å². The van der Waals surface area contributed by atoms with E-state index >= 15 is 0 Å². The molecule has 0 radical (unpaired) electrons. The second-order valence-electron chi connectivity index (χ2n) is 6.71. The standard InChI is InChI=1S/C23H28N4O4/c1-4-5-6-21(22(28)26-24-15-17-7-11-19(30-2)12-8-17)23(29)27-25-16-18-9-13-20(31-3)14-10-18/h7-16,21H,4-6H2,1-3H3,(H,26,28)(H,27,29)/b24-15+,25-16+. The quantitative estimate of drug-likeness (QED) is 0.329. The van der Waals surface area contributed by atoms with Gasteiger partial charge in [-0.3, -0.25) is 9.59 Å². The van der Waals surface area contributed by atoms with E-state index in [1.165, 1.54) is 12.4 Å². The Kier molecular flexibility index (Phi) is 9.74. The summed E-state index contributed by atoms with van der Waals surface area (Å²) in [5.41, 5.74) is 6.47. The maximum absolute atomic E-state index is 12.5. The Morgan fingerprint density at radius 1 is 0.839 bits per heavy atom. The predicted octanol–water partition coefficient (Wildman–Crippen LogP) is 3.11. The molecule has 0 bridgehead atoms. The lowest BCUT2D eigenvalue weighted by Crippen LogP contribution is -2.38. The number of nitrogens with one attached hydrogen (secondary N) is 2. The molecular formula is C23H28N4O4. The highest BCUT2D eigenvalue weighted by Gasteiger charge is 2.25. The largest absolute Gasteiger partial charge is 0.497 e. The van der Waals surface area contributed by atoms with Crippen LogP contribution in [-0.4, -0.2) is 38.5 Å². The van der Waals surface area contributed by atoms with E-state index < -0.39 is 17.7 Å². The Balaban J connectivity index is 1.94. The lowest BCUT2D eigenvalue weighted by Gasteiger charge is -2.12. The molecule has 0 aliphatic carbocycles. The van der Waals surface area contributed by atoms with E-state index in [0.29, 0.717) is 6.42 Å². The molecule has 2 N–H and O–H groups in total. The highest BCUT2D eigenvalue weighted by Crippen LogP contribution is 2.12. The van der Waals surface area contributed by atoms with Gasteiger partial charge in [-0.2, -0.15) is 10.2 Å². The van der Waals surface area contributed by atoms with Gasteiger partial charge >= 0.3 is 0 Å². The molecule has 0 fully saturated rings. The van der Waals surface area contributed by atoms with Crippen molar-refractivity contribution in [3.8, 4) is 11.5 Å². The van der Waals surface area contributed by atoms with E-state index in [1.54, 1.807) is 38.5 Å². The third-order valence-corrected chi connectivity index (χ3v) is 4.49. The Labute approximate surface area is 182 Å². The zero-order chi connectivity index (χ0) is 22.5. The molecule has 2 amide bonds. The minimum Gasteiger partial charge on any atom is -0.497 e. The average Bonchev–Trinajstić information content (AvgIpc) is 2.80. The van der Waals surface area contributed by atoms with Crippen LogP contribution in [0.25, 0.3) is 0 Å². The fourth-order valence-electron chi connectivity index (χ4n) is 2.67. The van der Waals surface area contributed by atoms with Crippen LogP contribution in [0.2, 0.25) is 0 Å². The average molecular weight is 425 g/mol. The highest BCUT2D eigenvalue weighted by molar-refractivity contribution is 6.00. The predicted molar refractivity (Wildman–Crippen MR) is 120 cm³/mol. The fourth-order valence-corrected chi connectivity index (χ4v) is 2.67. The smallest absolute Gasteiger partial charge is 0.252 e. The Hall–Kier alpha value is -3.68. The number of carbonyl (C=O) groups is 2. The van der Waals surface area contributed by atoms with Gasteiger partial charge in [0.1, 0.15) is 17.4 Å². The SMILES string of the molecule is CCCCC(C(=O)N/N=C/c1ccc(OC)cc1)C(=O)N/N=C/c1ccc(OC)cc1. The molecule has 0 atom stereocenters. The molecule has 0 saturated heterocycles. The number of rotatable bonds is 11. The van der Waals surface area contributed by atoms with Crippen molar-refractivity contribution in [3.05, 3.63) is 59.7 Å². The Morgan fingerprint density at radius 2 is 1.26 bits per heavy atom. The molecule has 31 heavy (non-hydrogen) atoms. The molecule has 2 rings (SSSR count). The summed E-state index contributed by atoms with van der Waals surface area (Å²) in [7, 11) is 3.18. The first kappa shape index (κ1) is 23.6. The Morgan fingerprint density at radius 3 is 1.61 bits per heavy atom. The third kappa shape index (κ3) is 7.93. The van der Waals surface area contributed by atoms with Crippen LogP contribution in [0.15, 0.2) is 58.7 Å². The molecule has 0 spiro atoms. The minimum atomic E-state index is -0.888. The maximum atomic E-state index is 12.5.